The van der Waals surface area contributed by atoms with Crippen LogP contribution in [0, 0.1) is 5.82 Å². The summed E-state index contributed by atoms with van der Waals surface area (Å²) in [6, 6.07) is 1.98. The first-order valence-corrected chi connectivity index (χ1v) is 8.41. The zero-order valence-corrected chi connectivity index (χ0v) is 13.2. The normalized spacial score (nSPS) is 13.4. The summed E-state index contributed by atoms with van der Waals surface area (Å²) in [6.07, 6.45) is 3.70. The molecule has 0 saturated heterocycles. The Bertz CT molecular complexity index is 564. The van der Waals surface area contributed by atoms with Crippen LogP contribution in [0.4, 0.5) is 10.1 Å². The van der Waals surface area contributed by atoms with Crippen LogP contribution in [0.25, 0.3) is 0 Å². The zero-order chi connectivity index (χ0) is 15.3. The highest BCUT2D eigenvalue weighted by Gasteiger charge is 2.23. The van der Waals surface area contributed by atoms with E-state index in [1.165, 1.54) is 6.07 Å². The van der Waals surface area contributed by atoms with E-state index < -0.39 is 20.7 Å². The van der Waals surface area contributed by atoms with Crippen molar-refractivity contribution in [1.29, 1.82) is 0 Å². The van der Waals surface area contributed by atoms with Crippen molar-refractivity contribution in [2.45, 2.75) is 50.5 Å². The van der Waals surface area contributed by atoms with E-state index in [1.54, 1.807) is 6.92 Å². The van der Waals surface area contributed by atoms with E-state index in [-0.39, 0.29) is 16.8 Å². The predicted octanol–water partition coefficient (Wildman–Crippen LogP) is 3.31. The second-order valence-electron chi connectivity index (χ2n) is 4.83. The van der Waals surface area contributed by atoms with E-state index in [4.69, 9.17) is 17.3 Å². The lowest BCUT2D eigenvalue weighted by molar-refractivity contribution is 0.519. The van der Waals surface area contributed by atoms with Crippen molar-refractivity contribution in [3.8, 4) is 0 Å². The lowest BCUT2D eigenvalue weighted by atomic mass is 10.1. The van der Waals surface area contributed by atoms with Gasteiger partial charge in [0.15, 0.2) is 5.82 Å². The number of rotatable bonds is 7. The van der Waals surface area contributed by atoms with Crippen molar-refractivity contribution in [2.75, 3.05) is 5.73 Å². The van der Waals surface area contributed by atoms with E-state index in [0.29, 0.717) is 6.42 Å². The molecular formula is C13H20ClFN2O2S. The molecule has 114 valence electrons. The lowest BCUT2D eigenvalue weighted by Gasteiger charge is -2.15. The molecule has 0 fully saturated rings. The number of sulfonamides is 1. The minimum absolute atomic E-state index is 0.107. The summed E-state index contributed by atoms with van der Waals surface area (Å²) in [5, 5.41) is -0.302. The van der Waals surface area contributed by atoms with Gasteiger partial charge in [0, 0.05) is 11.7 Å². The Morgan fingerprint density at radius 1 is 1.40 bits per heavy atom. The third-order valence-corrected chi connectivity index (χ3v) is 4.77. The van der Waals surface area contributed by atoms with Gasteiger partial charge in [-0.1, -0.05) is 37.8 Å². The fourth-order valence-electron chi connectivity index (χ4n) is 1.87. The highest BCUT2D eigenvalue weighted by molar-refractivity contribution is 7.89. The van der Waals surface area contributed by atoms with E-state index in [0.717, 1.165) is 25.3 Å². The number of halogens is 2. The van der Waals surface area contributed by atoms with Gasteiger partial charge in [-0.2, -0.15) is 0 Å². The maximum atomic E-state index is 13.8. The molecule has 1 unspecified atom stereocenters. The van der Waals surface area contributed by atoms with E-state index in [2.05, 4.69) is 11.6 Å². The second-order valence-corrected chi connectivity index (χ2v) is 6.92. The van der Waals surface area contributed by atoms with Crippen LogP contribution in [-0.4, -0.2) is 14.5 Å². The molecule has 0 aliphatic heterocycles. The third kappa shape index (κ3) is 4.61. The molecule has 0 spiro atoms. The van der Waals surface area contributed by atoms with Crippen LogP contribution in [-0.2, 0) is 10.0 Å². The predicted molar refractivity (Wildman–Crippen MR) is 79.7 cm³/mol. The molecule has 20 heavy (non-hydrogen) atoms. The minimum Gasteiger partial charge on any atom is -0.399 e. The first-order valence-electron chi connectivity index (χ1n) is 6.54. The molecule has 3 N–H and O–H groups in total. The van der Waals surface area contributed by atoms with Gasteiger partial charge in [0.2, 0.25) is 10.0 Å². The summed E-state index contributed by atoms with van der Waals surface area (Å²) in [7, 11) is -3.96. The quantitative estimate of drug-likeness (QED) is 0.597. The van der Waals surface area contributed by atoms with Crippen molar-refractivity contribution in [2.24, 2.45) is 0 Å². The first kappa shape index (κ1) is 17.2. The molecular weight excluding hydrogens is 303 g/mol. The van der Waals surface area contributed by atoms with Crippen molar-refractivity contribution in [3.63, 3.8) is 0 Å². The van der Waals surface area contributed by atoms with E-state index in [1.807, 2.05) is 0 Å². The van der Waals surface area contributed by atoms with Crippen LogP contribution < -0.4 is 10.5 Å². The highest BCUT2D eigenvalue weighted by Crippen LogP contribution is 2.25. The molecule has 0 amide bonds. The number of nitrogen functional groups attached to an aromatic ring is 1. The summed E-state index contributed by atoms with van der Waals surface area (Å²) in [6.45, 7) is 3.82. The highest BCUT2D eigenvalue weighted by atomic mass is 35.5. The average molecular weight is 323 g/mol. The first-order chi connectivity index (χ1) is 9.27. The van der Waals surface area contributed by atoms with Crippen LogP contribution in [0.15, 0.2) is 17.0 Å². The van der Waals surface area contributed by atoms with Crippen molar-refractivity contribution >= 4 is 27.3 Å². The van der Waals surface area contributed by atoms with Gasteiger partial charge < -0.3 is 5.73 Å². The monoisotopic (exact) mass is 322 g/mol. The second kappa shape index (κ2) is 7.24. The Hall–Kier alpha value is -0.850. The summed E-state index contributed by atoms with van der Waals surface area (Å²) in [5.41, 5.74) is 5.62. The van der Waals surface area contributed by atoms with Gasteiger partial charge in [0.05, 0.1) is 5.02 Å². The van der Waals surface area contributed by atoms with Gasteiger partial charge in [-0.3, -0.25) is 0 Å². The number of anilines is 1. The molecule has 1 aromatic carbocycles. The molecule has 1 rings (SSSR count). The molecule has 7 heteroatoms. The minimum atomic E-state index is -3.96. The summed E-state index contributed by atoms with van der Waals surface area (Å²) >= 11 is 5.62. The fraction of sp³-hybridized carbons (Fsp3) is 0.538. The summed E-state index contributed by atoms with van der Waals surface area (Å²) < 4.78 is 40.5. The Morgan fingerprint density at radius 3 is 2.65 bits per heavy atom. The van der Waals surface area contributed by atoms with Gasteiger partial charge in [0.25, 0.3) is 0 Å². The van der Waals surface area contributed by atoms with Gasteiger partial charge >= 0.3 is 0 Å². The molecule has 4 nitrogen and oxygen atoms in total. The molecule has 0 bridgehead atoms. The van der Waals surface area contributed by atoms with Gasteiger partial charge in [-0.25, -0.2) is 17.5 Å². The molecule has 0 aliphatic carbocycles. The van der Waals surface area contributed by atoms with Crippen LogP contribution in [0.1, 0.15) is 39.5 Å². The van der Waals surface area contributed by atoms with Crippen LogP contribution in [0.2, 0.25) is 5.02 Å². The summed E-state index contributed by atoms with van der Waals surface area (Å²) in [4.78, 5) is -0.509. The smallest absolute Gasteiger partial charge is 0.243 e. The maximum absolute atomic E-state index is 13.8. The molecule has 0 saturated carbocycles. The molecule has 1 atom stereocenters. The number of hydrogen-bond donors (Lipinski definition) is 2. The van der Waals surface area contributed by atoms with Gasteiger partial charge in [-0.15, -0.1) is 0 Å². The topological polar surface area (TPSA) is 72.2 Å². The van der Waals surface area contributed by atoms with Crippen molar-refractivity contribution in [1.82, 2.24) is 4.72 Å². The SMILES string of the molecule is CCCCCC(C)NS(=O)(=O)c1cc(N)cc(Cl)c1F. The number of benzene rings is 1. The van der Waals surface area contributed by atoms with Gasteiger partial charge in [0.1, 0.15) is 4.90 Å². The largest absolute Gasteiger partial charge is 0.399 e. The van der Waals surface area contributed by atoms with Crippen LogP contribution >= 0.6 is 11.6 Å². The third-order valence-electron chi connectivity index (χ3n) is 2.90. The zero-order valence-electron chi connectivity index (χ0n) is 11.6. The number of hydrogen-bond acceptors (Lipinski definition) is 3. The Labute approximate surface area is 124 Å². The van der Waals surface area contributed by atoms with Gasteiger partial charge in [-0.05, 0) is 25.5 Å². The Kier molecular flexibility index (Phi) is 6.23. The van der Waals surface area contributed by atoms with Crippen molar-refractivity contribution < 1.29 is 12.8 Å². The average Bonchev–Trinajstić information content (AvgIpc) is 2.33. The number of nitrogens with two attached hydrogens (primary N) is 1. The number of unbranched alkanes of at least 4 members (excludes halogenated alkanes) is 2. The lowest BCUT2D eigenvalue weighted by Crippen LogP contribution is -2.33. The number of nitrogens with one attached hydrogen (secondary N) is 1. The molecule has 0 heterocycles. The maximum Gasteiger partial charge on any atom is 0.243 e. The molecule has 1 aromatic rings. The molecule has 0 aromatic heterocycles. The Balaban J connectivity index is 2.89. The van der Waals surface area contributed by atoms with E-state index >= 15 is 0 Å². The molecule has 0 radical (unpaired) electrons. The fourth-order valence-corrected chi connectivity index (χ4v) is 3.56. The van der Waals surface area contributed by atoms with Crippen LogP contribution in [0.5, 0.6) is 0 Å². The standard InChI is InChI=1S/C13H20ClFN2O2S/c1-3-4-5-6-9(2)17-20(18,19)12-8-10(16)7-11(14)13(12)15/h7-9,17H,3-6,16H2,1-2H3. The Morgan fingerprint density at radius 2 is 2.05 bits per heavy atom. The van der Waals surface area contributed by atoms with Crippen molar-refractivity contribution in [3.05, 3.63) is 23.0 Å². The van der Waals surface area contributed by atoms with Crippen LogP contribution in [0.3, 0.4) is 0 Å². The molecule has 0 aliphatic rings. The van der Waals surface area contributed by atoms with E-state index in [9.17, 15) is 12.8 Å². The summed E-state index contributed by atoms with van der Waals surface area (Å²) in [5.74, 6) is -0.978.